The standard InChI is InChI=1S/C7H3BrFNO/c8-7-4-2-1-3-5(9)6(4)11-10-7/h1-3H. The van der Waals surface area contributed by atoms with Gasteiger partial charge in [-0.15, -0.1) is 0 Å². The van der Waals surface area contributed by atoms with Crippen molar-refractivity contribution in [1.82, 2.24) is 5.16 Å². The molecule has 0 atom stereocenters. The van der Waals surface area contributed by atoms with Gasteiger partial charge in [0.2, 0.25) is 5.58 Å². The van der Waals surface area contributed by atoms with Gasteiger partial charge in [-0.3, -0.25) is 0 Å². The topological polar surface area (TPSA) is 26.0 Å². The zero-order valence-corrected chi connectivity index (χ0v) is 6.93. The first-order chi connectivity index (χ1) is 5.29. The molecule has 0 unspecified atom stereocenters. The van der Waals surface area contributed by atoms with Gasteiger partial charge in [-0.2, -0.15) is 0 Å². The van der Waals surface area contributed by atoms with Crippen molar-refractivity contribution in [3.63, 3.8) is 0 Å². The second kappa shape index (κ2) is 2.30. The van der Waals surface area contributed by atoms with E-state index >= 15 is 0 Å². The van der Waals surface area contributed by atoms with Crippen LogP contribution in [0.1, 0.15) is 0 Å². The van der Waals surface area contributed by atoms with E-state index in [1.807, 2.05) is 0 Å². The fraction of sp³-hybridized carbons (Fsp3) is 0. The Labute approximate surface area is 70.1 Å². The Balaban J connectivity index is 2.94. The minimum absolute atomic E-state index is 0.194. The fourth-order valence-electron chi connectivity index (χ4n) is 0.899. The van der Waals surface area contributed by atoms with Crippen LogP contribution in [0.3, 0.4) is 0 Å². The molecular weight excluding hydrogens is 213 g/mol. The normalized spacial score (nSPS) is 10.7. The number of hydrogen-bond acceptors (Lipinski definition) is 2. The van der Waals surface area contributed by atoms with Crippen molar-refractivity contribution in [2.45, 2.75) is 0 Å². The first kappa shape index (κ1) is 6.79. The molecule has 0 radical (unpaired) electrons. The Hall–Kier alpha value is -0.900. The SMILES string of the molecule is Fc1cccc2c(Br)noc12. The second-order valence-electron chi connectivity index (χ2n) is 2.09. The largest absolute Gasteiger partial charge is 0.352 e. The zero-order valence-electron chi connectivity index (χ0n) is 5.34. The van der Waals surface area contributed by atoms with Gasteiger partial charge in [-0.25, -0.2) is 4.39 Å². The van der Waals surface area contributed by atoms with E-state index in [0.717, 1.165) is 0 Å². The van der Waals surface area contributed by atoms with E-state index in [1.165, 1.54) is 6.07 Å². The first-order valence-electron chi connectivity index (χ1n) is 2.98. The minimum Gasteiger partial charge on any atom is -0.352 e. The maximum absolute atomic E-state index is 12.8. The lowest BCUT2D eigenvalue weighted by Crippen LogP contribution is -1.71. The molecule has 0 bridgehead atoms. The molecule has 0 saturated carbocycles. The van der Waals surface area contributed by atoms with Crippen LogP contribution in [-0.4, -0.2) is 5.16 Å². The summed E-state index contributed by atoms with van der Waals surface area (Å²) in [6.45, 7) is 0. The molecule has 0 saturated heterocycles. The number of benzene rings is 1. The number of nitrogens with zero attached hydrogens (tertiary/aromatic N) is 1. The summed E-state index contributed by atoms with van der Waals surface area (Å²) in [5.41, 5.74) is 0.194. The Morgan fingerprint density at radius 2 is 2.27 bits per heavy atom. The van der Waals surface area contributed by atoms with Gasteiger partial charge in [0.15, 0.2) is 10.4 Å². The van der Waals surface area contributed by atoms with Crippen LogP contribution >= 0.6 is 15.9 Å². The van der Waals surface area contributed by atoms with Crippen LogP contribution in [0, 0.1) is 5.82 Å². The van der Waals surface area contributed by atoms with E-state index < -0.39 is 0 Å². The average molecular weight is 216 g/mol. The first-order valence-corrected chi connectivity index (χ1v) is 3.78. The Morgan fingerprint density at radius 1 is 1.45 bits per heavy atom. The van der Waals surface area contributed by atoms with Crippen molar-refractivity contribution in [3.8, 4) is 0 Å². The van der Waals surface area contributed by atoms with Gasteiger partial charge in [0.1, 0.15) is 0 Å². The summed E-state index contributed by atoms with van der Waals surface area (Å²) in [5.74, 6) is -0.388. The van der Waals surface area contributed by atoms with Gasteiger partial charge < -0.3 is 4.52 Å². The monoisotopic (exact) mass is 215 g/mol. The van der Waals surface area contributed by atoms with Gasteiger partial charge in [-0.1, -0.05) is 11.2 Å². The zero-order chi connectivity index (χ0) is 7.84. The Kier molecular flexibility index (Phi) is 1.42. The van der Waals surface area contributed by atoms with Crippen molar-refractivity contribution in [2.75, 3.05) is 0 Å². The summed E-state index contributed by atoms with van der Waals surface area (Å²) in [4.78, 5) is 0. The lowest BCUT2D eigenvalue weighted by Gasteiger charge is -1.86. The maximum Gasteiger partial charge on any atom is 0.203 e. The van der Waals surface area contributed by atoms with Crippen LogP contribution < -0.4 is 0 Å². The number of para-hydroxylation sites is 1. The Bertz CT molecular complexity index is 398. The van der Waals surface area contributed by atoms with E-state index in [1.54, 1.807) is 12.1 Å². The van der Waals surface area contributed by atoms with Crippen molar-refractivity contribution < 1.29 is 8.91 Å². The van der Waals surface area contributed by atoms with E-state index in [0.29, 0.717) is 9.99 Å². The molecule has 1 aromatic carbocycles. The van der Waals surface area contributed by atoms with Gasteiger partial charge in [0.05, 0.1) is 5.39 Å². The highest BCUT2D eigenvalue weighted by Gasteiger charge is 2.08. The molecule has 2 nitrogen and oxygen atoms in total. The predicted molar refractivity (Wildman–Crippen MR) is 41.7 cm³/mol. The summed E-state index contributed by atoms with van der Waals surface area (Å²) >= 11 is 3.13. The van der Waals surface area contributed by atoms with Crippen LogP contribution in [0.5, 0.6) is 0 Å². The quantitative estimate of drug-likeness (QED) is 0.676. The predicted octanol–water partition coefficient (Wildman–Crippen LogP) is 2.73. The van der Waals surface area contributed by atoms with Crippen LogP contribution in [0.2, 0.25) is 0 Å². The third-order valence-corrected chi connectivity index (χ3v) is 1.98. The lowest BCUT2D eigenvalue weighted by atomic mass is 10.3. The molecule has 11 heavy (non-hydrogen) atoms. The number of aromatic nitrogens is 1. The van der Waals surface area contributed by atoms with E-state index in [-0.39, 0.29) is 11.4 Å². The smallest absolute Gasteiger partial charge is 0.203 e. The van der Waals surface area contributed by atoms with Crippen molar-refractivity contribution in [2.24, 2.45) is 0 Å². The Morgan fingerprint density at radius 3 is 3.00 bits per heavy atom. The molecule has 0 aliphatic rings. The molecule has 0 fully saturated rings. The molecule has 56 valence electrons. The molecule has 0 aliphatic carbocycles. The summed E-state index contributed by atoms with van der Waals surface area (Å²) < 4.78 is 18.1. The van der Waals surface area contributed by atoms with Gasteiger partial charge in [0, 0.05) is 0 Å². The van der Waals surface area contributed by atoms with Crippen LogP contribution in [0.25, 0.3) is 11.0 Å². The maximum atomic E-state index is 12.8. The van der Waals surface area contributed by atoms with Gasteiger partial charge in [-0.05, 0) is 28.1 Å². The van der Waals surface area contributed by atoms with E-state index in [9.17, 15) is 4.39 Å². The molecule has 0 spiro atoms. The molecule has 1 aromatic heterocycles. The molecule has 1 heterocycles. The lowest BCUT2D eigenvalue weighted by molar-refractivity contribution is 0.436. The molecule has 0 amide bonds. The molecule has 2 rings (SSSR count). The highest BCUT2D eigenvalue weighted by Crippen LogP contribution is 2.24. The average Bonchev–Trinajstić information content (AvgIpc) is 2.35. The highest BCUT2D eigenvalue weighted by atomic mass is 79.9. The third-order valence-electron chi connectivity index (χ3n) is 1.41. The van der Waals surface area contributed by atoms with Gasteiger partial charge in [0.25, 0.3) is 0 Å². The number of halogens is 2. The van der Waals surface area contributed by atoms with E-state index in [4.69, 9.17) is 4.52 Å². The summed E-state index contributed by atoms with van der Waals surface area (Å²) in [6, 6.07) is 4.68. The third kappa shape index (κ3) is 0.939. The molecule has 0 N–H and O–H groups in total. The number of rotatable bonds is 0. The van der Waals surface area contributed by atoms with Crippen molar-refractivity contribution >= 4 is 26.9 Å². The molecular formula is C7H3BrFNO. The molecule has 2 aromatic rings. The number of fused-ring (bicyclic) bond motifs is 1. The second-order valence-corrected chi connectivity index (χ2v) is 2.84. The molecule has 4 heteroatoms. The van der Waals surface area contributed by atoms with E-state index in [2.05, 4.69) is 21.1 Å². The highest BCUT2D eigenvalue weighted by molar-refractivity contribution is 9.10. The van der Waals surface area contributed by atoms with Crippen LogP contribution in [0.4, 0.5) is 4.39 Å². The summed E-state index contributed by atoms with van der Waals surface area (Å²) in [6.07, 6.45) is 0. The number of hydrogen-bond donors (Lipinski definition) is 0. The summed E-state index contributed by atoms with van der Waals surface area (Å²) in [5, 5.41) is 4.22. The fourth-order valence-corrected chi connectivity index (χ4v) is 1.28. The summed E-state index contributed by atoms with van der Waals surface area (Å²) in [7, 11) is 0. The minimum atomic E-state index is -0.388. The van der Waals surface area contributed by atoms with Crippen LogP contribution in [-0.2, 0) is 0 Å². The van der Waals surface area contributed by atoms with Crippen molar-refractivity contribution in [1.29, 1.82) is 0 Å². The van der Waals surface area contributed by atoms with Crippen molar-refractivity contribution in [3.05, 3.63) is 28.6 Å². The van der Waals surface area contributed by atoms with Gasteiger partial charge >= 0.3 is 0 Å². The molecule has 0 aliphatic heterocycles. The van der Waals surface area contributed by atoms with Crippen LogP contribution in [0.15, 0.2) is 27.3 Å².